The summed E-state index contributed by atoms with van der Waals surface area (Å²) in [6.45, 7) is 0. The number of fused-ring (bicyclic) bond motifs is 13. The van der Waals surface area contributed by atoms with Crippen molar-refractivity contribution in [2.24, 2.45) is 0 Å². The smallest absolute Gasteiger partial charge is 0.0440 e. The zero-order valence-electron chi connectivity index (χ0n) is 32.0. The largest absolute Gasteiger partial charge is 0.134 e. The zero-order chi connectivity index (χ0) is 38.6. The molecule has 0 bridgehead atoms. The first-order valence-electron chi connectivity index (χ1n) is 20.4. The summed E-state index contributed by atoms with van der Waals surface area (Å²) < 4.78 is 2.70. The minimum absolute atomic E-state index is 1.23. The minimum atomic E-state index is 1.23. The van der Waals surface area contributed by atoms with Crippen molar-refractivity contribution in [3.05, 3.63) is 206 Å². The molecule has 13 aromatic rings. The van der Waals surface area contributed by atoms with Gasteiger partial charge < -0.3 is 0 Å². The normalized spacial score (nSPS) is 12.1. The monoisotopic (exact) mass is 762 g/mol. The molecule has 0 radical (unpaired) electrons. The van der Waals surface area contributed by atoms with E-state index in [0.29, 0.717) is 0 Å². The molecule has 59 heavy (non-hydrogen) atoms. The zero-order valence-corrected chi connectivity index (χ0v) is 32.9. The molecule has 0 aliphatic carbocycles. The third-order valence-electron chi connectivity index (χ3n) is 12.8. The molecule has 0 aliphatic rings. The van der Waals surface area contributed by atoms with Crippen LogP contribution in [0.1, 0.15) is 0 Å². The Bertz CT molecular complexity index is 3840. The van der Waals surface area contributed by atoms with Crippen LogP contribution in [0.15, 0.2) is 206 Å². The lowest BCUT2D eigenvalue weighted by Crippen LogP contribution is -1.93. The van der Waals surface area contributed by atoms with E-state index in [1.165, 1.54) is 129 Å². The molecule has 0 N–H and O–H groups in total. The molecule has 13 rings (SSSR count). The van der Waals surface area contributed by atoms with E-state index in [0.717, 1.165) is 0 Å². The van der Waals surface area contributed by atoms with Gasteiger partial charge in [0, 0.05) is 25.6 Å². The van der Waals surface area contributed by atoms with Crippen LogP contribution in [0.25, 0.3) is 129 Å². The topological polar surface area (TPSA) is 0 Å². The molecule has 0 spiro atoms. The lowest BCUT2D eigenvalue weighted by atomic mass is 9.83. The molecule has 0 amide bonds. The van der Waals surface area contributed by atoms with E-state index < -0.39 is 0 Å². The van der Waals surface area contributed by atoms with Crippen LogP contribution in [0.2, 0.25) is 0 Å². The molecule has 272 valence electrons. The van der Waals surface area contributed by atoms with E-state index in [1.54, 1.807) is 0 Å². The van der Waals surface area contributed by atoms with E-state index in [9.17, 15) is 0 Å². The van der Waals surface area contributed by atoms with Crippen molar-refractivity contribution in [1.29, 1.82) is 0 Å². The van der Waals surface area contributed by atoms with Gasteiger partial charge in [-0.25, -0.2) is 0 Å². The fourth-order valence-electron chi connectivity index (χ4n) is 10.2. The van der Waals surface area contributed by atoms with Gasteiger partial charge in [0.05, 0.1) is 0 Å². The minimum Gasteiger partial charge on any atom is -0.134 e. The molecule has 1 heterocycles. The summed E-state index contributed by atoms with van der Waals surface area (Å²) in [7, 11) is 0. The number of hydrogen-bond donors (Lipinski definition) is 0. The second-order valence-electron chi connectivity index (χ2n) is 15.9. The van der Waals surface area contributed by atoms with E-state index in [-0.39, 0.29) is 0 Å². The molecule has 0 nitrogen and oxygen atoms in total. The van der Waals surface area contributed by atoms with Crippen molar-refractivity contribution >= 4 is 107 Å². The molecule has 0 atom stereocenters. The average Bonchev–Trinajstić information content (AvgIpc) is 3.68. The summed E-state index contributed by atoms with van der Waals surface area (Å²) in [6.07, 6.45) is 0. The Morgan fingerprint density at radius 3 is 1.42 bits per heavy atom. The maximum Gasteiger partial charge on any atom is 0.0440 e. The van der Waals surface area contributed by atoms with Gasteiger partial charge in [0.15, 0.2) is 0 Å². The highest BCUT2D eigenvalue weighted by Gasteiger charge is 2.20. The SMILES string of the molecule is c1ccc2c(-c3c4ccccc4c(-c4ccc(-c5ccc6cc7c(cc6c5)sc5c6ccccc6c6ccccc6c75)c5ccccc45)c4ccccc34)cccc2c1. The lowest BCUT2D eigenvalue weighted by molar-refractivity contribution is 1.67. The number of benzene rings is 12. The summed E-state index contributed by atoms with van der Waals surface area (Å²) in [5, 5.41) is 20.7. The van der Waals surface area contributed by atoms with Crippen molar-refractivity contribution in [3.8, 4) is 33.4 Å². The van der Waals surface area contributed by atoms with Crippen molar-refractivity contribution in [1.82, 2.24) is 0 Å². The molecular formula is C58H34S. The summed E-state index contributed by atoms with van der Waals surface area (Å²) in [5.74, 6) is 0. The Balaban J connectivity index is 1.02. The maximum atomic E-state index is 2.43. The van der Waals surface area contributed by atoms with E-state index in [4.69, 9.17) is 0 Å². The summed E-state index contributed by atoms with van der Waals surface area (Å²) in [4.78, 5) is 0. The Morgan fingerprint density at radius 2 is 0.746 bits per heavy atom. The second-order valence-corrected chi connectivity index (χ2v) is 16.9. The Kier molecular flexibility index (Phi) is 6.98. The maximum absolute atomic E-state index is 2.43. The summed E-state index contributed by atoms with van der Waals surface area (Å²) in [5.41, 5.74) is 7.59. The van der Waals surface area contributed by atoms with Crippen molar-refractivity contribution in [2.45, 2.75) is 0 Å². The van der Waals surface area contributed by atoms with Gasteiger partial charge >= 0.3 is 0 Å². The van der Waals surface area contributed by atoms with Gasteiger partial charge in [-0.2, -0.15) is 0 Å². The molecule has 0 saturated carbocycles. The van der Waals surface area contributed by atoms with Gasteiger partial charge in [0.1, 0.15) is 0 Å². The Labute approximate surface area is 344 Å². The van der Waals surface area contributed by atoms with Gasteiger partial charge in [0.2, 0.25) is 0 Å². The molecular weight excluding hydrogens is 729 g/mol. The van der Waals surface area contributed by atoms with E-state index >= 15 is 0 Å². The highest BCUT2D eigenvalue weighted by Crippen LogP contribution is 2.49. The Morgan fingerprint density at radius 1 is 0.254 bits per heavy atom. The van der Waals surface area contributed by atoms with Crippen LogP contribution in [0.3, 0.4) is 0 Å². The number of rotatable bonds is 3. The molecule has 1 aromatic heterocycles. The van der Waals surface area contributed by atoms with Gasteiger partial charge in [-0.15, -0.1) is 11.3 Å². The van der Waals surface area contributed by atoms with Gasteiger partial charge in [-0.05, 0) is 122 Å². The number of hydrogen-bond acceptors (Lipinski definition) is 1. The van der Waals surface area contributed by atoms with Crippen LogP contribution in [-0.2, 0) is 0 Å². The quantitative estimate of drug-likeness (QED) is 0.124. The van der Waals surface area contributed by atoms with Crippen LogP contribution in [0, 0.1) is 0 Å². The third kappa shape index (κ3) is 4.77. The van der Waals surface area contributed by atoms with Crippen LogP contribution in [0.5, 0.6) is 0 Å². The van der Waals surface area contributed by atoms with Gasteiger partial charge in [-0.3, -0.25) is 0 Å². The van der Waals surface area contributed by atoms with E-state index in [2.05, 4.69) is 206 Å². The van der Waals surface area contributed by atoms with Crippen LogP contribution >= 0.6 is 11.3 Å². The first-order valence-corrected chi connectivity index (χ1v) is 21.2. The predicted octanol–water partition coefficient (Wildman–Crippen LogP) is 17.1. The van der Waals surface area contributed by atoms with Crippen molar-refractivity contribution < 1.29 is 0 Å². The van der Waals surface area contributed by atoms with Crippen molar-refractivity contribution in [3.63, 3.8) is 0 Å². The Hall–Kier alpha value is -7.32. The lowest BCUT2D eigenvalue weighted by Gasteiger charge is -2.20. The molecule has 12 aromatic carbocycles. The first-order chi connectivity index (χ1) is 29.3. The van der Waals surface area contributed by atoms with Crippen LogP contribution in [0.4, 0.5) is 0 Å². The summed E-state index contributed by atoms with van der Waals surface area (Å²) in [6, 6.07) is 76.9. The average molecular weight is 763 g/mol. The summed E-state index contributed by atoms with van der Waals surface area (Å²) >= 11 is 1.93. The fourth-order valence-corrected chi connectivity index (χ4v) is 11.5. The molecule has 1 heteroatoms. The standard InChI is InChI=1S/C58H34S/c1-2-16-39-35(14-1)15-13-27-45(39)55-47-22-8-10-24-49(47)56(50-25-11-9-23-48(50)55)51-31-30-40(41-17-3-4-18-42(41)51)37-29-28-36-33-53-54(34-38(36)32-37)59-58-52-26-12-6-20-44(52)43-19-5-7-21-46(43)57(53)58/h1-34H. The van der Waals surface area contributed by atoms with E-state index in [1.807, 2.05) is 11.3 Å². The third-order valence-corrected chi connectivity index (χ3v) is 14.0. The molecule has 0 fully saturated rings. The molecule has 0 saturated heterocycles. The van der Waals surface area contributed by atoms with Crippen LogP contribution in [-0.4, -0.2) is 0 Å². The molecule has 0 unspecified atom stereocenters. The van der Waals surface area contributed by atoms with Crippen LogP contribution < -0.4 is 0 Å². The molecule has 0 aliphatic heterocycles. The highest BCUT2D eigenvalue weighted by atomic mass is 32.1. The number of thiophene rings is 1. The highest BCUT2D eigenvalue weighted by molar-refractivity contribution is 7.27. The predicted molar refractivity (Wildman–Crippen MR) is 258 cm³/mol. The van der Waals surface area contributed by atoms with Crippen molar-refractivity contribution in [2.75, 3.05) is 0 Å². The van der Waals surface area contributed by atoms with Gasteiger partial charge in [0.25, 0.3) is 0 Å². The van der Waals surface area contributed by atoms with Gasteiger partial charge in [-0.1, -0.05) is 188 Å². The second kappa shape index (κ2) is 12.6. The first kappa shape index (κ1) is 32.7. The fraction of sp³-hybridized carbons (Fsp3) is 0.